The SMILES string of the molecule is CC(C)C1C(C)C2CCC1C2(C)C. The van der Waals surface area contributed by atoms with Crippen molar-refractivity contribution < 1.29 is 0 Å². The van der Waals surface area contributed by atoms with Gasteiger partial charge in [-0.2, -0.15) is 0 Å². The van der Waals surface area contributed by atoms with Gasteiger partial charge in [-0.25, -0.2) is 0 Å². The van der Waals surface area contributed by atoms with Crippen LogP contribution in [0.3, 0.4) is 0 Å². The average molecular weight is 180 g/mol. The lowest BCUT2D eigenvalue weighted by molar-refractivity contribution is 0.175. The van der Waals surface area contributed by atoms with E-state index in [0.29, 0.717) is 5.41 Å². The Morgan fingerprint density at radius 3 is 1.92 bits per heavy atom. The molecule has 0 radical (unpaired) electrons. The Labute approximate surface area is 83.1 Å². The fraction of sp³-hybridized carbons (Fsp3) is 1.00. The highest BCUT2D eigenvalue weighted by Crippen LogP contribution is 2.64. The van der Waals surface area contributed by atoms with Crippen LogP contribution in [0.4, 0.5) is 0 Å². The summed E-state index contributed by atoms with van der Waals surface area (Å²) in [5.41, 5.74) is 0.647. The van der Waals surface area contributed by atoms with E-state index in [9.17, 15) is 0 Å². The lowest BCUT2D eigenvalue weighted by Gasteiger charge is -2.31. The first kappa shape index (κ1) is 9.55. The molecule has 0 spiro atoms. The van der Waals surface area contributed by atoms with Gasteiger partial charge in [0.25, 0.3) is 0 Å². The Morgan fingerprint density at radius 1 is 1.08 bits per heavy atom. The molecule has 2 aliphatic carbocycles. The zero-order valence-electron chi connectivity index (χ0n) is 9.80. The number of fused-ring (bicyclic) bond motifs is 2. The van der Waals surface area contributed by atoms with Gasteiger partial charge < -0.3 is 0 Å². The monoisotopic (exact) mass is 180 g/mol. The van der Waals surface area contributed by atoms with E-state index in [0.717, 1.165) is 29.6 Å². The summed E-state index contributed by atoms with van der Waals surface area (Å²) >= 11 is 0. The highest BCUT2D eigenvalue weighted by Gasteiger charge is 2.57. The van der Waals surface area contributed by atoms with Crippen molar-refractivity contribution in [3.63, 3.8) is 0 Å². The minimum atomic E-state index is 0.647. The molecule has 13 heavy (non-hydrogen) atoms. The van der Waals surface area contributed by atoms with E-state index in [2.05, 4.69) is 34.6 Å². The molecule has 0 saturated heterocycles. The van der Waals surface area contributed by atoms with Crippen LogP contribution < -0.4 is 0 Å². The molecule has 2 fully saturated rings. The molecule has 0 aromatic heterocycles. The molecule has 2 bridgehead atoms. The molecule has 0 amide bonds. The van der Waals surface area contributed by atoms with Crippen molar-refractivity contribution in [3.05, 3.63) is 0 Å². The predicted molar refractivity (Wildman–Crippen MR) is 57.5 cm³/mol. The van der Waals surface area contributed by atoms with Gasteiger partial charge in [-0.1, -0.05) is 34.6 Å². The summed E-state index contributed by atoms with van der Waals surface area (Å²) in [6.07, 6.45) is 3.01. The lowest BCUT2D eigenvalue weighted by Crippen LogP contribution is -2.24. The molecule has 4 unspecified atom stereocenters. The highest BCUT2D eigenvalue weighted by molar-refractivity contribution is 5.06. The third-order valence-electron chi connectivity index (χ3n) is 5.18. The smallest absolute Gasteiger partial charge is 0.0292 e. The third-order valence-corrected chi connectivity index (χ3v) is 5.18. The van der Waals surface area contributed by atoms with Crippen molar-refractivity contribution in [3.8, 4) is 0 Å². The van der Waals surface area contributed by atoms with E-state index >= 15 is 0 Å². The summed E-state index contributed by atoms with van der Waals surface area (Å²) in [5, 5.41) is 0. The summed E-state index contributed by atoms with van der Waals surface area (Å²) in [6.45, 7) is 12.3. The Kier molecular flexibility index (Phi) is 2.02. The summed E-state index contributed by atoms with van der Waals surface area (Å²) < 4.78 is 0. The van der Waals surface area contributed by atoms with Crippen molar-refractivity contribution in [1.82, 2.24) is 0 Å². The summed E-state index contributed by atoms with van der Waals surface area (Å²) in [5.74, 6) is 4.92. The topological polar surface area (TPSA) is 0 Å². The molecule has 4 atom stereocenters. The predicted octanol–water partition coefficient (Wildman–Crippen LogP) is 3.96. The number of hydrogen-bond acceptors (Lipinski definition) is 0. The van der Waals surface area contributed by atoms with E-state index < -0.39 is 0 Å². The molecule has 2 rings (SSSR count). The lowest BCUT2D eigenvalue weighted by atomic mass is 9.74. The van der Waals surface area contributed by atoms with E-state index in [4.69, 9.17) is 0 Å². The summed E-state index contributed by atoms with van der Waals surface area (Å²) in [4.78, 5) is 0. The molecular weight excluding hydrogens is 156 g/mol. The first-order chi connectivity index (χ1) is 5.96. The van der Waals surface area contributed by atoms with Crippen LogP contribution in [0.1, 0.15) is 47.5 Å². The maximum atomic E-state index is 2.51. The van der Waals surface area contributed by atoms with Gasteiger partial charge in [0, 0.05) is 0 Å². The largest absolute Gasteiger partial charge is 0.0625 e. The highest BCUT2D eigenvalue weighted by atomic mass is 14.6. The standard InChI is InChI=1S/C13H24/c1-8(2)12-9(3)10-6-7-11(12)13(10,4)5/h8-12H,6-7H2,1-5H3. The minimum Gasteiger partial charge on any atom is -0.0625 e. The van der Waals surface area contributed by atoms with Crippen LogP contribution in [0.2, 0.25) is 0 Å². The second-order valence-electron chi connectivity index (χ2n) is 6.29. The van der Waals surface area contributed by atoms with Crippen molar-refractivity contribution in [2.24, 2.45) is 35.0 Å². The average Bonchev–Trinajstić information content (AvgIpc) is 2.37. The van der Waals surface area contributed by atoms with Crippen LogP contribution in [0.25, 0.3) is 0 Å². The first-order valence-corrected chi connectivity index (χ1v) is 5.96. The van der Waals surface area contributed by atoms with Crippen molar-refractivity contribution in [2.75, 3.05) is 0 Å². The normalized spacial score (nSPS) is 47.5. The molecule has 0 aliphatic heterocycles. The molecule has 2 saturated carbocycles. The van der Waals surface area contributed by atoms with Crippen LogP contribution in [0.5, 0.6) is 0 Å². The molecule has 0 heteroatoms. The molecule has 2 aliphatic rings. The fourth-order valence-electron chi connectivity index (χ4n) is 4.71. The zero-order valence-corrected chi connectivity index (χ0v) is 9.80. The second kappa shape index (κ2) is 2.74. The van der Waals surface area contributed by atoms with Crippen LogP contribution in [-0.2, 0) is 0 Å². The van der Waals surface area contributed by atoms with Gasteiger partial charge in [0.05, 0.1) is 0 Å². The van der Waals surface area contributed by atoms with Crippen LogP contribution in [0, 0.1) is 35.0 Å². The van der Waals surface area contributed by atoms with Crippen molar-refractivity contribution >= 4 is 0 Å². The van der Waals surface area contributed by atoms with Gasteiger partial charge in [0.1, 0.15) is 0 Å². The van der Waals surface area contributed by atoms with Crippen molar-refractivity contribution in [1.29, 1.82) is 0 Å². The van der Waals surface area contributed by atoms with Gasteiger partial charge in [0.2, 0.25) is 0 Å². The van der Waals surface area contributed by atoms with Crippen LogP contribution in [-0.4, -0.2) is 0 Å². The van der Waals surface area contributed by atoms with Gasteiger partial charge in [-0.15, -0.1) is 0 Å². The minimum absolute atomic E-state index is 0.647. The molecule has 0 N–H and O–H groups in total. The van der Waals surface area contributed by atoms with Gasteiger partial charge in [-0.05, 0) is 47.8 Å². The van der Waals surface area contributed by atoms with Crippen molar-refractivity contribution in [2.45, 2.75) is 47.5 Å². The van der Waals surface area contributed by atoms with Gasteiger partial charge in [0.15, 0.2) is 0 Å². The fourth-order valence-corrected chi connectivity index (χ4v) is 4.71. The summed E-state index contributed by atoms with van der Waals surface area (Å²) in [7, 11) is 0. The summed E-state index contributed by atoms with van der Waals surface area (Å²) in [6, 6.07) is 0. The quantitative estimate of drug-likeness (QED) is 0.573. The molecule has 0 heterocycles. The van der Waals surface area contributed by atoms with E-state index in [1.54, 1.807) is 0 Å². The number of rotatable bonds is 1. The molecule has 0 aromatic rings. The second-order valence-corrected chi connectivity index (χ2v) is 6.29. The maximum absolute atomic E-state index is 2.51. The number of hydrogen-bond donors (Lipinski definition) is 0. The first-order valence-electron chi connectivity index (χ1n) is 5.96. The van der Waals surface area contributed by atoms with Crippen LogP contribution in [0.15, 0.2) is 0 Å². The van der Waals surface area contributed by atoms with E-state index in [-0.39, 0.29) is 0 Å². The van der Waals surface area contributed by atoms with E-state index in [1.165, 1.54) is 12.8 Å². The zero-order chi connectivity index (χ0) is 9.80. The molecule has 0 aromatic carbocycles. The van der Waals surface area contributed by atoms with Gasteiger partial charge >= 0.3 is 0 Å². The Balaban J connectivity index is 2.28. The molecule has 76 valence electrons. The van der Waals surface area contributed by atoms with Gasteiger partial charge in [-0.3, -0.25) is 0 Å². The Hall–Kier alpha value is 0. The Morgan fingerprint density at radius 2 is 1.62 bits per heavy atom. The molecular formula is C13H24. The third kappa shape index (κ3) is 1.10. The van der Waals surface area contributed by atoms with E-state index in [1.807, 2.05) is 0 Å². The molecule has 0 nitrogen and oxygen atoms in total. The maximum Gasteiger partial charge on any atom is -0.0292 e. The van der Waals surface area contributed by atoms with Crippen LogP contribution >= 0.6 is 0 Å². The Bertz CT molecular complexity index is 202.